The summed E-state index contributed by atoms with van der Waals surface area (Å²) in [5, 5.41) is 3.75. The van der Waals surface area contributed by atoms with Gasteiger partial charge in [0.05, 0.1) is 35.8 Å². The molecule has 0 bridgehead atoms. The molecule has 1 aromatic carbocycles. The number of nitrogens with one attached hydrogen (secondary N) is 1. The molecular weight excluding hydrogens is 504 g/mol. The van der Waals surface area contributed by atoms with Crippen molar-refractivity contribution in [3.63, 3.8) is 0 Å². The summed E-state index contributed by atoms with van der Waals surface area (Å²) in [5.74, 6) is -1.15. The molecule has 2 aliphatic heterocycles. The normalized spacial score (nSPS) is 16.7. The molecule has 1 fully saturated rings. The van der Waals surface area contributed by atoms with Gasteiger partial charge in [-0.15, -0.1) is 0 Å². The standard InChI is InChI=1S/C29H29F2N5O3/c1-15(2)23-25(16(3)8-9-33-23)36-28-18(26-27(29(36)37)39-14-17-13-32-10-11-35(17)26)12-20(31)24(34-28)22-19(30)6-5-7-21(22)38-4/h5-9,12,15,17,32H,10-11,13-14H2,1-4H3/t17-/m1/s1. The Labute approximate surface area is 224 Å². The maximum absolute atomic E-state index is 16.0. The van der Waals surface area contributed by atoms with Gasteiger partial charge in [0.25, 0.3) is 0 Å². The molecule has 1 atom stereocenters. The summed E-state index contributed by atoms with van der Waals surface area (Å²) < 4.78 is 44.0. The third-order valence-electron chi connectivity index (χ3n) is 7.45. The van der Waals surface area contributed by atoms with Crippen LogP contribution in [0.5, 0.6) is 11.5 Å². The van der Waals surface area contributed by atoms with E-state index >= 15 is 8.78 Å². The second-order valence-corrected chi connectivity index (χ2v) is 10.2. The van der Waals surface area contributed by atoms with Crippen molar-refractivity contribution in [3.8, 4) is 28.4 Å². The van der Waals surface area contributed by atoms with Gasteiger partial charge in [-0.05, 0) is 42.7 Å². The Morgan fingerprint density at radius 3 is 2.77 bits per heavy atom. The number of hydrogen-bond acceptors (Lipinski definition) is 7. The van der Waals surface area contributed by atoms with Crippen molar-refractivity contribution in [2.75, 3.05) is 38.3 Å². The van der Waals surface area contributed by atoms with Gasteiger partial charge in [-0.25, -0.2) is 13.8 Å². The van der Waals surface area contributed by atoms with Crippen molar-refractivity contribution in [1.29, 1.82) is 0 Å². The average Bonchev–Trinajstić information content (AvgIpc) is 2.93. The third-order valence-corrected chi connectivity index (χ3v) is 7.45. The van der Waals surface area contributed by atoms with Gasteiger partial charge < -0.3 is 19.7 Å². The van der Waals surface area contributed by atoms with Crippen molar-refractivity contribution in [2.24, 2.45) is 0 Å². The maximum atomic E-state index is 16.0. The van der Waals surface area contributed by atoms with Gasteiger partial charge in [-0.1, -0.05) is 19.9 Å². The first-order valence-corrected chi connectivity index (χ1v) is 13.0. The van der Waals surface area contributed by atoms with Crippen LogP contribution in [0, 0.1) is 18.6 Å². The fourth-order valence-electron chi connectivity index (χ4n) is 5.62. The monoisotopic (exact) mass is 533 g/mol. The molecule has 0 amide bonds. The Morgan fingerprint density at radius 1 is 1.18 bits per heavy atom. The van der Waals surface area contributed by atoms with E-state index in [0.29, 0.717) is 48.7 Å². The summed E-state index contributed by atoms with van der Waals surface area (Å²) in [7, 11) is 1.39. The number of piperazine rings is 1. The minimum atomic E-state index is -0.734. The lowest BCUT2D eigenvalue weighted by Crippen LogP contribution is -2.56. The Kier molecular flexibility index (Phi) is 6.22. The molecule has 10 heteroatoms. The van der Waals surface area contributed by atoms with E-state index in [0.717, 1.165) is 5.56 Å². The minimum absolute atomic E-state index is 0.0227. The number of benzene rings is 1. The van der Waals surface area contributed by atoms with E-state index in [-0.39, 0.29) is 40.4 Å². The number of hydrogen-bond donors (Lipinski definition) is 1. The Hall–Kier alpha value is -4.05. The number of anilines is 1. The van der Waals surface area contributed by atoms with Crippen LogP contribution >= 0.6 is 0 Å². The first-order valence-electron chi connectivity index (χ1n) is 13.0. The van der Waals surface area contributed by atoms with Crippen LogP contribution in [0.4, 0.5) is 14.5 Å². The Bertz CT molecular complexity index is 1670. The molecule has 202 valence electrons. The number of ether oxygens (including phenoxy) is 2. The number of halogens is 2. The second-order valence-electron chi connectivity index (χ2n) is 10.2. The molecule has 4 aromatic rings. The van der Waals surface area contributed by atoms with E-state index in [9.17, 15) is 4.79 Å². The smallest absolute Gasteiger partial charge is 0.301 e. The average molecular weight is 534 g/mol. The summed E-state index contributed by atoms with van der Waals surface area (Å²) in [4.78, 5) is 25.6. The second kappa shape index (κ2) is 9.60. The molecule has 0 aliphatic carbocycles. The van der Waals surface area contributed by atoms with Crippen LogP contribution in [0.1, 0.15) is 31.0 Å². The largest absolute Gasteiger partial charge is 0.496 e. The van der Waals surface area contributed by atoms with Crippen LogP contribution in [0.2, 0.25) is 0 Å². The molecular formula is C29H29F2N5O3. The van der Waals surface area contributed by atoms with Gasteiger partial charge in [0.1, 0.15) is 23.9 Å². The summed E-state index contributed by atoms with van der Waals surface area (Å²) >= 11 is 0. The number of nitrogens with zero attached hydrogens (tertiary/aromatic N) is 4. The molecule has 0 radical (unpaired) electrons. The van der Waals surface area contributed by atoms with Gasteiger partial charge >= 0.3 is 5.56 Å². The molecule has 39 heavy (non-hydrogen) atoms. The van der Waals surface area contributed by atoms with Crippen molar-refractivity contribution < 1.29 is 18.3 Å². The zero-order valence-electron chi connectivity index (χ0n) is 22.2. The number of fused-ring (bicyclic) bond motifs is 5. The zero-order valence-corrected chi connectivity index (χ0v) is 22.2. The van der Waals surface area contributed by atoms with Gasteiger partial charge in [-0.3, -0.25) is 14.3 Å². The van der Waals surface area contributed by atoms with Crippen LogP contribution in [-0.4, -0.2) is 53.9 Å². The predicted molar refractivity (Wildman–Crippen MR) is 145 cm³/mol. The first kappa shape index (κ1) is 25.2. The van der Waals surface area contributed by atoms with Gasteiger partial charge in [-0.2, -0.15) is 0 Å². The van der Waals surface area contributed by atoms with Crippen molar-refractivity contribution in [1.82, 2.24) is 19.9 Å². The Balaban J connectivity index is 1.77. The van der Waals surface area contributed by atoms with Crippen LogP contribution in [0.25, 0.3) is 28.0 Å². The lowest BCUT2D eigenvalue weighted by molar-refractivity contribution is 0.244. The zero-order chi connectivity index (χ0) is 27.4. The highest BCUT2D eigenvalue weighted by molar-refractivity contribution is 5.96. The molecule has 1 saturated heterocycles. The van der Waals surface area contributed by atoms with Crippen LogP contribution < -0.4 is 25.2 Å². The maximum Gasteiger partial charge on any atom is 0.301 e. The number of aryl methyl sites for hydroxylation is 1. The molecule has 0 saturated carbocycles. The molecule has 0 spiro atoms. The van der Waals surface area contributed by atoms with Crippen molar-refractivity contribution >= 4 is 16.7 Å². The summed E-state index contributed by atoms with van der Waals surface area (Å²) in [6, 6.07) is 7.38. The van der Waals surface area contributed by atoms with E-state index in [1.54, 1.807) is 12.3 Å². The summed E-state index contributed by atoms with van der Waals surface area (Å²) in [5.41, 5.74) is 1.97. The van der Waals surface area contributed by atoms with E-state index in [4.69, 9.17) is 9.47 Å². The highest BCUT2D eigenvalue weighted by Crippen LogP contribution is 2.42. The molecule has 5 heterocycles. The number of rotatable bonds is 4. The summed E-state index contributed by atoms with van der Waals surface area (Å²) in [6.45, 7) is 8.18. The number of aromatic nitrogens is 3. The lowest BCUT2D eigenvalue weighted by Gasteiger charge is -2.42. The lowest BCUT2D eigenvalue weighted by atomic mass is 10.0. The highest BCUT2D eigenvalue weighted by Gasteiger charge is 2.36. The van der Waals surface area contributed by atoms with E-state index < -0.39 is 17.2 Å². The number of methoxy groups -OCH3 is 1. The summed E-state index contributed by atoms with van der Waals surface area (Å²) in [6.07, 6.45) is 1.70. The van der Waals surface area contributed by atoms with Crippen molar-refractivity contribution in [3.05, 3.63) is 69.8 Å². The molecule has 0 unspecified atom stereocenters. The minimum Gasteiger partial charge on any atom is -0.496 e. The molecule has 2 aliphatic rings. The fourth-order valence-corrected chi connectivity index (χ4v) is 5.62. The van der Waals surface area contributed by atoms with Gasteiger partial charge in [0.2, 0.25) is 5.75 Å². The molecule has 8 nitrogen and oxygen atoms in total. The van der Waals surface area contributed by atoms with Gasteiger partial charge in [0.15, 0.2) is 11.5 Å². The van der Waals surface area contributed by atoms with Crippen LogP contribution in [0.3, 0.4) is 0 Å². The quantitative estimate of drug-likeness (QED) is 0.418. The van der Waals surface area contributed by atoms with Crippen LogP contribution in [0.15, 0.2) is 41.3 Å². The fraction of sp³-hybridized carbons (Fsp3) is 0.345. The van der Waals surface area contributed by atoms with E-state index in [2.05, 4.69) is 20.2 Å². The number of pyridine rings is 3. The molecule has 6 rings (SSSR count). The SMILES string of the molecule is COc1cccc(F)c1-c1nc2c(cc1F)c1c(c(=O)n2-c2c(C)ccnc2C(C)C)OC[C@H]2CNCCN12. The molecule has 1 N–H and O–H groups in total. The van der Waals surface area contributed by atoms with Crippen molar-refractivity contribution in [2.45, 2.75) is 32.7 Å². The highest BCUT2D eigenvalue weighted by atomic mass is 19.1. The Morgan fingerprint density at radius 2 is 2.00 bits per heavy atom. The first-order chi connectivity index (χ1) is 18.8. The molecule has 3 aromatic heterocycles. The third kappa shape index (κ3) is 3.93. The van der Waals surface area contributed by atoms with E-state index in [1.807, 2.05) is 26.8 Å². The topological polar surface area (TPSA) is 81.5 Å². The van der Waals surface area contributed by atoms with Crippen LogP contribution in [-0.2, 0) is 0 Å². The predicted octanol–water partition coefficient (Wildman–Crippen LogP) is 4.34. The van der Waals surface area contributed by atoms with E-state index in [1.165, 1.54) is 29.9 Å². The van der Waals surface area contributed by atoms with Gasteiger partial charge in [0, 0.05) is 31.2 Å².